The Labute approximate surface area is 191 Å². The Morgan fingerprint density at radius 2 is 1.55 bits per heavy atom. The lowest BCUT2D eigenvalue weighted by atomic mass is 10.0. The van der Waals surface area contributed by atoms with Crippen LogP contribution in [0.2, 0.25) is 0 Å². The molecule has 0 saturated carbocycles. The monoisotopic (exact) mass is 434 g/mol. The Hall–Kier alpha value is -4.70. The second kappa shape index (κ2) is 9.62. The third-order valence-electron chi connectivity index (χ3n) is 5.26. The van der Waals surface area contributed by atoms with Gasteiger partial charge in [0.15, 0.2) is 0 Å². The zero-order valence-electron chi connectivity index (χ0n) is 17.8. The highest BCUT2D eigenvalue weighted by Gasteiger charge is 2.09. The number of aromatic nitrogens is 2. The summed E-state index contributed by atoms with van der Waals surface area (Å²) in [4.78, 5) is 12.5. The number of amides is 1. The lowest BCUT2D eigenvalue weighted by Gasteiger charge is -2.06. The van der Waals surface area contributed by atoms with Crippen LogP contribution in [-0.4, -0.2) is 21.5 Å². The summed E-state index contributed by atoms with van der Waals surface area (Å²) in [5, 5.41) is 23.5. The molecule has 0 aliphatic carbocycles. The smallest absolute Gasteiger partial charge is 0.254 e. The third kappa shape index (κ3) is 5.32. The molecule has 0 unspecified atom stereocenters. The summed E-state index contributed by atoms with van der Waals surface area (Å²) in [5.74, 6) is -0.185. The molecule has 0 atom stereocenters. The highest BCUT2D eigenvalue weighted by Crippen LogP contribution is 2.20. The summed E-state index contributed by atoms with van der Waals surface area (Å²) in [5.41, 5.74) is 11.3. The summed E-state index contributed by atoms with van der Waals surface area (Å²) in [7, 11) is 0. The number of nitriles is 1. The largest absolute Gasteiger partial charge is 0.384 e. The van der Waals surface area contributed by atoms with Crippen LogP contribution in [0.15, 0.2) is 85.2 Å². The van der Waals surface area contributed by atoms with E-state index in [4.69, 9.17) is 16.4 Å². The minimum Gasteiger partial charge on any atom is -0.384 e. The number of nitrogens with one attached hydrogen (secondary N) is 2. The fourth-order valence-corrected chi connectivity index (χ4v) is 3.38. The van der Waals surface area contributed by atoms with Gasteiger partial charge in [0.25, 0.3) is 5.91 Å². The van der Waals surface area contributed by atoms with Gasteiger partial charge in [0.1, 0.15) is 5.84 Å². The van der Waals surface area contributed by atoms with E-state index in [1.807, 2.05) is 48.5 Å². The standard InChI is InChI=1S/C26H22N6O/c27-13-18-1-7-21(8-2-18)22-9-5-20(6-10-22)16-32-17-24(15-31-32)26(33)30-14-19-3-11-23(12-4-19)25(28)29/h1-12,15,17H,14,16H2,(H3,28,29)(H,30,33). The van der Waals surface area contributed by atoms with Gasteiger partial charge < -0.3 is 11.1 Å². The molecule has 3 aromatic carbocycles. The van der Waals surface area contributed by atoms with Gasteiger partial charge in [-0.2, -0.15) is 10.4 Å². The molecule has 0 spiro atoms. The number of amidine groups is 1. The highest BCUT2D eigenvalue weighted by molar-refractivity contribution is 5.95. The Morgan fingerprint density at radius 3 is 2.15 bits per heavy atom. The van der Waals surface area contributed by atoms with E-state index in [-0.39, 0.29) is 11.7 Å². The molecule has 33 heavy (non-hydrogen) atoms. The van der Waals surface area contributed by atoms with E-state index in [0.717, 1.165) is 22.3 Å². The summed E-state index contributed by atoms with van der Waals surface area (Å²) >= 11 is 0. The molecular formula is C26H22N6O. The molecule has 4 aromatic rings. The van der Waals surface area contributed by atoms with Crippen molar-refractivity contribution in [3.05, 3.63) is 113 Å². The Bertz CT molecular complexity index is 1310. The van der Waals surface area contributed by atoms with Gasteiger partial charge in [0.2, 0.25) is 0 Å². The van der Waals surface area contributed by atoms with Crippen LogP contribution in [0.5, 0.6) is 0 Å². The van der Waals surface area contributed by atoms with Crippen molar-refractivity contribution in [2.45, 2.75) is 13.1 Å². The van der Waals surface area contributed by atoms with Crippen molar-refractivity contribution in [2.75, 3.05) is 0 Å². The number of nitrogen functional groups attached to an aromatic ring is 1. The molecule has 7 heteroatoms. The molecule has 4 rings (SSSR count). The molecule has 1 amide bonds. The number of hydrogen-bond acceptors (Lipinski definition) is 4. The van der Waals surface area contributed by atoms with Crippen LogP contribution < -0.4 is 11.1 Å². The van der Waals surface area contributed by atoms with Crippen molar-refractivity contribution >= 4 is 11.7 Å². The summed E-state index contributed by atoms with van der Waals surface area (Å²) in [6, 6.07) is 24.9. The average Bonchev–Trinajstić information content (AvgIpc) is 3.32. The van der Waals surface area contributed by atoms with Crippen molar-refractivity contribution in [3.63, 3.8) is 0 Å². The number of carbonyl (C=O) groups excluding carboxylic acids is 1. The summed E-state index contributed by atoms with van der Waals surface area (Å²) < 4.78 is 1.73. The van der Waals surface area contributed by atoms with Gasteiger partial charge in [-0.1, -0.05) is 60.7 Å². The van der Waals surface area contributed by atoms with Crippen LogP contribution in [0.1, 0.15) is 32.6 Å². The van der Waals surface area contributed by atoms with Crippen LogP contribution in [0.4, 0.5) is 0 Å². The van der Waals surface area contributed by atoms with Gasteiger partial charge in [-0.15, -0.1) is 0 Å². The molecule has 0 aliphatic heterocycles. The molecule has 1 heterocycles. The number of hydrogen-bond donors (Lipinski definition) is 3. The second-order valence-electron chi connectivity index (χ2n) is 7.61. The Kier molecular flexibility index (Phi) is 6.28. The number of benzene rings is 3. The maximum Gasteiger partial charge on any atom is 0.254 e. The van der Waals surface area contributed by atoms with Crippen LogP contribution >= 0.6 is 0 Å². The summed E-state index contributed by atoms with van der Waals surface area (Å²) in [6.07, 6.45) is 3.28. The molecule has 4 N–H and O–H groups in total. The lowest BCUT2D eigenvalue weighted by molar-refractivity contribution is 0.0951. The first-order chi connectivity index (χ1) is 16.0. The van der Waals surface area contributed by atoms with Gasteiger partial charge in [0.05, 0.1) is 29.9 Å². The van der Waals surface area contributed by atoms with E-state index >= 15 is 0 Å². The molecular weight excluding hydrogens is 412 g/mol. The number of nitrogens with two attached hydrogens (primary N) is 1. The maximum atomic E-state index is 12.5. The fraction of sp³-hybridized carbons (Fsp3) is 0.0769. The molecule has 1 aromatic heterocycles. The second-order valence-corrected chi connectivity index (χ2v) is 7.61. The van der Waals surface area contributed by atoms with Crippen LogP contribution in [0.3, 0.4) is 0 Å². The van der Waals surface area contributed by atoms with Crippen molar-refractivity contribution in [1.29, 1.82) is 10.7 Å². The SMILES string of the molecule is N#Cc1ccc(-c2ccc(Cn3cc(C(=O)NCc4ccc(C(=N)N)cc4)cn3)cc2)cc1. The summed E-state index contributed by atoms with van der Waals surface area (Å²) in [6.45, 7) is 0.923. The van der Waals surface area contributed by atoms with E-state index in [2.05, 4.69) is 16.5 Å². The fourth-order valence-electron chi connectivity index (χ4n) is 3.38. The minimum absolute atomic E-state index is 0.0156. The van der Waals surface area contributed by atoms with Crippen molar-refractivity contribution < 1.29 is 4.79 Å². The van der Waals surface area contributed by atoms with Crippen molar-refractivity contribution in [2.24, 2.45) is 5.73 Å². The zero-order valence-corrected chi connectivity index (χ0v) is 17.8. The van der Waals surface area contributed by atoms with Crippen LogP contribution in [-0.2, 0) is 13.1 Å². The van der Waals surface area contributed by atoms with Gasteiger partial charge in [-0.25, -0.2) is 0 Å². The van der Waals surface area contributed by atoms with Crippen molar-refractivity contribution in [1.82, 2.24) is 15.1 Å². The first-order valence-electron chi connectivity index (χ1n) is 10.4. The molecule has 0 radical (unpaired) electrons. The van der Waals surface area contributed by atoms with Gasteiger partial charge in [0, 0.05) is 18.3 Å². The molecule has 0 fully saturated rings. The lowest BCUT2D eigenvalue weighted by Crippen LogP contribution is -2.22. The molecule has 0 aliphatic rings. The van der Waals surface area contributed by atoms with Gasteiger partial charge >= 0.3 is 0 Å². The zero-order chi connectivity index (χ0) is 23.2. The molecule has 162 valence electrons. The maximum absolute atomic E-state index is 12.5. The van der Waals surface area contributed by atoms with Crippen LogP contribution in [0, 0.1) is 16.7 Å². The van der Waals surface area contributed by atoms with E-state index in [1.54, 1.807) is 41.3 Å². The quantitative estimate of drug-likeness (QED) is 0.303. The average molecular weight is 435 g/mol. The predicted molar refractivity (Wildman–Crippen MR) is 127 cm³/mol. The normalized spacial score (nSPS) is 10.4. The van der Waals surface area contributed by atoms with Gasteiger partial charge in [-0.05, 0) is 34.4 Å². The molecule has 0 saturated heterocycles. The molecule has 7 nitrogen and oxygen atoms in total. The van der Waals surface area contributed by atoms with E-state index in [9.17, 15) is 4.79 Å². The third-order valence-corrected chi connectivity index (χ3v) is 5.26. The van der Waals surface area contributed by atoms with Crippen LogP contribution in [0.25, 0.3) is 11.1 Å². The van der Waals surface area contributed by atoms with E-state index < -0.39 is 0 Å². The number of carbonyl (C=O) groups is 1. The van der Waals surface area contributed by atoms with Crippen molar-refractivity contribution in [3.8, 4) is 17.2 Å². The minimum atomic E-state index is -0.201. The number of rotatable bonds is 7. The van der Waals surface area contributed by atoms with E-state index in [0.29, 0.717) is 29.8 Å². The van der Waals surface area contributed by atoms with E-state index in [1.165, 1.54) is 0 Å². The molecule has 0 bridgehead atoms. The first-order valence-corrected chi connectivity index (χ1v) is 10.4. The first kappa shape index (κ1) is 21.5. The Balaban J connectivity index is 1.34. The Morgan fingerprint density at radius 1 is 0.939 bits per heavy atom. The topological polar surface area (TPSA) is 121 Å². The number of nitrogens with zero attached hydrogens (tertiary/aromatic N) is 3. The van der Waals surface area contributed by atoms with Gasteiger partial charge in [-0.3, -0.25) is 14.9 Å². The predicted octanol–water partition coefficient (Wildman–Crippen LogP) is 3.68. The highest BCUT2D eigenvalue weighted by atomic mass is 16.1.